The number of allylic oxidation sites excluding steroid dienone is 2. The summed E-state index contributed by atoms with van der Waals surface area (Å²) in [6.07, 6.45) is 1.56. The Balaban J connectivity index is 2.35. The zero-order valence-electron chi connectivity index (χ0n) is 9.78. The van der Waals surface area contributed by atoms with Crippen LogP contribution >= 0.6 is 0 Å². The molecule has 1 aromatic rings. The van der Waals surface area contributed by atoms with Crippen molar-refractivity contribution in [2.75, 3.05) is 0 Å². The van der Waals surface area contributed by atoms with Crippen molar-refractivity contribution in [3.63, 3.8) is 0 Å². The van der Waals surface area contributed by atoms with Crippen LogP contribution in [0.2, 0.25) is 0 Å². The van der Waals surface area contributed by atoms with Crippen LogP contribution in [0.5, 0.6) is 0 Å². The van der Waals surface area contributed by atoms with Crippen molar-refractivity contribution in [3.8, 4) is 0 Å². The van der Waals surface area contributed by atoms with Gasteiger partial charge in [0.05, 0.1) is 0 Å². The van der Waals surface area contributed by atoms with Crippen LogP contribution in [0.3, 0.4) is 0 Å². The highest BCUT2D eigenvalue weighted by atomic mass is 19.3. The van der Waals surface area contributed by atoms with E-state index in [1.807, 2.05) is 0 Å². The van der Waals surface area contributed by atoms with Gasteiger partial charge in [0.2, 0.25) is 0 Å². The number of aliphatic hydroxyl groups is 1. The van der Waals surface area contributed by atoms with Crippen LogP contribution in [0.1, 0.15) is 17.9 Å². The summed E-state index contributed by atoms with van der Waals surface area (Å²) < 4.78 is 16.7. The van der Waals surface area contributed by atoms with E-state index in [0.717, 1.165) is 5.56 Å². The first-order chi connectivity index (χ1) is 9.09. The molecule has 6 heteroatoms. The molecular formula is C13H11FO5. The molecular weight excluding hydrogens is 255 g/mol. The monoisotopic (exact) mass is 266 g/mol. The van der Waals surface area contributed by atoms with E-state index in [2.05, 4.69) is 4.94 Å². The fourth-order valence-electron chi connectivity index (χ4n) is 1.99. The van der Waals surface area contributed by atoms with Crippen molar-refractivity contribution in [1.82, 2.24) is 0 Å². The lowest BCUT2D eigenvalue weighted by atomic mass is 9.89. The molecule has 0 spiro atoms. The van der Waals surface area contributed by atoms with Crippen molar-refractivity contribution in [2.45, 2.75) is 18.1 Å². The maximum absolute atomic E-state index is 12.0. The Kier molecular flexibility index (Phi) is 3.62. The molecule has 1 aromatic carbocycles. The van der Waals surface area contributed by atoms with Crippen LogP contribution in [0.15, 0.2) is 42.2 Å². The van der Waals surface area contributed by atoms with Gasteiger partial charge in [0, 0.05) is 16.9 Å². The van der Waals surface area contributed by atoms with Crippen LogP contribution in [-0.4, -0.2) is 23.1 Å². The first-order valence-electron chi connectivity index (χ1n) is 5.55. The molecule has 1 aliphatic heterocycles. The Morgan fingerprint density at radius 3 is 2.74 bits per heavy atom. The second-order valence-corrected chi connectivity index (χ2v) is 4.16. The topological polar surface area (TPSA) is 72.8 Å². The van der Waals surface area contributed by atoms with Crippen LogP contribution in [0, 0.1) is 0 Å². The third kappa shape index (κ3) is 2.63. The quantitative estimate of drug-likeness (QED) is 0.837. The average molecular weight is 266 g/mol. The summed E-state index contributed by atoms with van der Waals surface area (Å²) in [4.78, 5) is 25.0. The average Bonchev–Trinajstić information content (AvgIpc) is 2.46. The zero-order chi connectivity index (χ0) is 13.9. The van der Waals surface area contributed by atoms with Gasteiger partial charge in [0.25, 0.3) is 0 Å². The zero-order valence-corrected chi connectivity index (χ0v) is 9.78. The summed E-state index contributed by atoms with van der Waals surface area (Å²) in [5.41, 5.74) is 0.759. The number of carbonyl (C=O) groups excluding carboxylic acids is 2. The molecule has 2 unspecified atom stereocenters. The molecule has 100 valence electrons. The van der Waals surface area contributed by atoms with Gasteiger partial charge in [-0.2, -0.15) is 0 Å². The standard InChI is InChI=1S/C13H11FO5/c14-19-12(16)13(17)7-10(6-11(8-15)18-13)9-4-2-1-3-5-9/h1-6,8,10,17H,7H2. The Morgan fingerprint density at radius 2 is 2.16 bits per heavy atom. The number of hydrogen-bond acceptors (Lipinski definition) is 5. The van der Waals surface area contributed by atoms with E-state index in [1.165, 1.54) is 6.08 Å². The second-order valence-electron chi connectivity index (χ2n) is 4.16. The van der Waals surface area contributed by atoms with Gasteiger partial charge in [-0.3, -0.25) is 4.79 Å². The summed E-state index contributed by atoms with van der Waals surface area (Å²) in [6.45, 7) is 0. The van der Waals surface area contributed by atoms with Crippen LogP contribution in [0.25, 0.3) is 0 Å². The van der Waals surface area contributed by atoms with E-state index >= 15 is 0 Å². The Hall–Kier alpha value is -2.21. The highest BCUT2D eigenvalue weighted by molar-refractivity contribution is 5.80. The SMILES string of the molecule is O=CC1=CC(c2ccccc2)CC(O)(C(=O)OF)O1. The summed E-state index contributed by atoms with van der Waals surface area (Å²) >= 11 is 0. The first-order valence-corrected chi connectivity index (χ1v) is 5.55. The maximum atomic E-state index is 12.0. The molecule has 19 heavy (non-hydrogen) atoms. The minimum Gasteiger partial charge on any atom is -0.448 e. The largest absolute Gasteiger partial charge is 0.448 e. The van der Waals surface area contributed by atoms with Crippen molar-refractivity contribution in [1.29, 1.82) is 0 Å². The molecule has 1 N–H and O–H groups in total. The second kappa shape index (κ2) is 5.19. The molecule has 0 fully saturated rings. The summed E-state index contributed by atoms with van der Waals surface area (Å²) in [5.74, 6) is -4.78. The van der Waals surface area contributed by atoms with E-state index in [1.54, 1.807) is 30.3 Å². The van der Waals surface area contributed by atoms with Crippen molar-refractivity contribution in [2.24, 2.45) is 0 Å². The van der Waals surface area contributed by atoms with E-state index in [-0.39, 0.29) is 12.2 Å². The predicted molar refractivity (Wildman–Crippen MR) is 61.2 cm³/mol. The van der Waals surface area contributed by atoms with E-state index in [4.69, 9.17) is 4.74 Å². The van der Waals surface area contributed by atoms with E-state index in [0.29, 0.717) is 6.29 Å². The minimum absolute atomic E-state index is 0.239. The summed E-state index contributed by atoms with van der Waals surface area (Å²) in [5, 5.41) is 9.94. The molecule has 1 heterocycles. The molecule has 5 nitrogen and oxygen atoms in total. The lowest BCUT2D eigenvalue weighted by Gasteiger charge is -2.32. The normalized spacial score (nSPS) is 26.0. The van der Waals surface area contributed by atoms with Gasteiger partial charge in [-0.1, -0.05) is 30.3 Å². The Labute approximate surface area is 108 Å². The fraction of sp³-hybridized carbons (Fsp3) is 0.231. The van der Waals surface area contributed by atoms with Crippen molar-refractivity contribution in [3.05, 3.63) is 47.7 Å². The molecule has 0 saturated carbocycles. The van der Waals surface area contributed by atoms with Crippen molar-refractivity contribution >= 4 is 12.3 Å². The molecule has 0 aliphatic carbocycles. The summed E-state index contributed by atoms with van der Waals surface area (Å²) in [7, 11) is 0. The van der Waals surface area contributed by atoms with Gasteiger partial charge < -0.3 is 9.84 Å². The number of rotatable bonds is 3. The number of aldehydes is 1. The van der Waals surface area contributed by atoms with Gasteiger partial charge in [-0.25, -0.2) is 9.74 Å². The number of carbonyl (C=O) groups is 2. The molecule has 0 amide bonds. The van der Waals surface area contributed by atoms with Gasteiger partial charge in [-0.15, -0.1) is 0 Å². The van der Waals surface area contributed by atoms with Crippen LogP contribution < -0.4 is 0 Å². The van der Waals surface area contributed by atoms with E-state index < -0.39 is 17.7 Å². The number of hydrogen-bond donors (Lipinski definition) is 1. The smallest absolute Gasteiger partial charge is 0.419 e. The first kappa shape index (κ1) is 13.2. The minimum atomic E-state index is -2.50. The molecule has 0 radical (unpaired) electrons. The highest BCUT2D eigenvalue weighted by Crippen LogP contribution is 2.35. The number of halogens is 1. The molecule has 0 aromatic heterocycles. The lowest BCUT2D eigenvalue weighted by Crippen LogP contribution is -2.45. The van der Waals surface area contributed by atoms with Gasteiger partial charge in [0.1, 0.15) is 0 Å². The summed E-state index contributed by atoms with van der Waals surface area (Å²) in [6, 6.07) is 8.86. The third-order valence-electron chi connectivity index (χ3n) is 2.88. The molecule has 2 atom stereocenters. The van der Waals surface area contributed by atoms with E-state index in [9.17, 15) is 19.2 Å². The van der Waals surface area contributed by atoms with Gasteiger partial charge in [0.15, 0.2) is 12.0 Å². The predicted octanol–water partition coefficient (Wildman–Crippen LogP) is 1.39. The molecule has 1 aliphatic rings. The number of ether oxygens (including phenoxy) is 1. The fourth-order valence-corrected chi connectivity index (χ4v) is 1.99. The van der Waals surface area contributed by atoms with Gasteiger partial charge in [-0.05, 0) is 11.6 Å². The Bertz CT molecular complexity index is 513. The third-order valence-corrected chi connectivity index (χ3v) is 2.88. The Morgan fingerprint density at radius 1 is 1.47 bits per heavy atom. The van der Waals surface area contributed by atoms with Crippen LogP contribution in [-0.2, 0) is 19.3 Å². The molecule has 2 rings (SSSR count). The molecule has 0 bridgehead atoms. The maximum Gasteiger partial charge on any atom is 0.419 e. The van der Waals surface area contributed by atoms with Gasteiger partial charge >= 0.3 is 11.8 Å². The molecule has 0 saturated heterocycles. The van der Waals surface area contributed by atoms with Crippen molar-refractivity contribution < 1.29 is 28.9 Å². The lowest BCUT2D eigenvalue weighted by molar-refractivity contribution is -0.250. The number of benzene rings is 1. The van der Waals surface area contributed by atoms with Crippen LogP contribution in [0.4, 0.5) is 4.53 Å². The highest BCUT2D eigenvalue weighted by Gasteiger charge is 2.46.